The molecule has 0 atom stereocenters. The van der Waals surface area contributed by atoms with Gasteiger partial charge in [-0.25, -0.2) is 0 Å². The summed E-state index contributed by atoms with van der Waals surface area (Å²) in [5, 5.41) is 17.5. The Balaban J connectivity index is 2.65. The van der Waals surface area contributed by atoms with Gasteiger partial charge in [0.15, 0.2) is 0 Å². The Morgan fingerprint density at radius 3 is 2.38 bits per heavy atom. The summed E-state index contributed by atoms with van der Waals surface area (Å²) >= 11 is 0. The molecule has 0 aliphatic carbocycles. The van der Waals surface area contributed by atoms with Gasteiger partial charge in [0.05, 0.1) is 0 Å². The van der Waals surface area contributed by atoms with Crippen LogP contribution in [0.1, 0.15) is 0 Å². The minimum absolute atomic E-state index is 0.209. The van der Waals surface area contributed by atoms with E-state index in [0.717, 1.165) is 0 Å². The van der Waals surface area contributed by atoms with Crippen LogP contribution in [0.3, 0.4) is 0 Å². The second kappa shape index (κ2) is 4.56. The SMILES string of the molecule is C#CCOc1ccc(B(O)O)cc1. The van der Waals surface area contributed by atoms with Gasteiger partial charge in [0.25, 0.3) is 0 Å². The van der Waals surface area contributed by atoms with E-state index in [0.29, 0.717) is 11.2 Å². The molecule has 0 fully saturated rings. The fraction of sp³-hybridized carbons (Fsp3) is 0.111. The summed E-state index contributed by atoms with van der Waals surface area (Å²) in [5.74, 6) is 2.95. The lowest BCUT2D eigenvalue weighted by atomic mass is 9.80. The Bertz CT molecular complexity index is 300. The number of benzene rings is 1. The lowest BCUT2D eigenvalue weighted by Gasteiger charge is -2.03. The van der Waals surface area contributed by atoms with Crippen LogP contribution in [0.2, 0.25) is 0 Å². The lowest BCUT2D eigenvalue weighted by molar-refractivity contribution is 0.370. The van der Waals surface area contributed by atoms with Crippen molar-refractivity contribution in [2.45, 2.75) is 0 Å². The quantitative estimate of drug-likeness (QED) is 0.476. The smallest absolute Gasteiger partial charge is 0.481 e. The Hall–Kier alpha value is -1.44. The third-order valence-corrected chi connectivity index (χ3v) is 1.50. The average molecular weight is 176 g/mol. The third kappa shape index (κ3) is 2.82. The molecule has 0 spiro atoms. The van der Waals surface area contributed by atoms with E-state index in [2.05, 4.69) is 5.92 Å². The summed E-state index contributed by atoms with van der Waals surface area (Å²) in [5.41, 5.74) is 0.424. The highest BCUT2D eigenvalue weighted by atomic mass is 16.5. The van der Waals surface area contributed by atoms with Crippen LogP contribution in [0.25, 0.3) is 0 Å². The first-order valence-electron chi connectivity index (χ1n) is 3.76. The van der Waals surface area contributed by atoms with Gasteiger partial charge in [0.1, 0.15) is 12.4 Å². The van der Waals surface area contributed by atoms with Gasteiger partial charge >= 0.3 is 7.12 Å². The van der Waals surface area contributed by atoms with Crippen molar-refractivity contribution in [2.24, 2.45) is 0 Å². The molecule has 13 heavy (non-hydrogen) atoms. The second-order valence-electron chi connectivity index (χ2n) is 2.44. The summed E-state index contributed by atoms with van der Waals surface area (Å²) in [6.45, 7) is 0.209. The van der Waals surface area contributed by atoms with Crippen LogP contribution in [0.4, 0.5) is 0 Å². The molecule has 0 radical (unpaired) electrons. The van der Waals surface area contributed by atoms with Crippen molar-refractivity contribution in [3.8, 4) is 18.1 Å². The molecular formula is C9H9BO3. The minimum Gasteiger partial charge on any atom is -0.481 e. The van der Waals surface area contributed by atoms with Crippen molar-refractivity contribution < 1.29 is 14.8 Å². The highest BCUT2D eigenvalue weighted by Crippen LogP contribution is 2.06. The minimum atomic E-state index is -1.44. The third-order valence-electron chi connectivity index (χ3n) is 1.50. The van der Waals surface area contributed by atoms with Crippen molar-refractivity contribution in [2.75, 3.05) is 6.61 Å². The fourth-order valence-electron chi connectivity index (χ4n) is 0.861. The predicted octanol–water partition coefficient (Wildman–Crippen LogP) is -0.622. The van der Waals surface area contributed by atoms with Crippen molar-refractivity contribution in [1.82, 2.24) is 0 Å². The molecule has 0 aliphatic heterocycles. The van der Waals surface area contributed by atoms with E-state index in [1.807, 2.05) is 0 Å². The van der Waals surface area contributed by atoms with Crippen LogP contribution < -0.4 is 10.2 Å². The monoisotopic (exact) mass is 176 g/mol. The molecule has 0 saturated carbocycles. The van der Waals surface area contributed by atoms with Crippen LogP contribution in [-0.4, -0.2) is 23.8 Å². The van der Waals surface area contributed by atoms with E-state index in [4.69, 9.17) is 21.2 Å². The van der Waals surface area contributed by atoms with Gasteiger partial charge in [-0.2, -0.15) is 0 Å². The largest absolute Gasteiger partial charge is 0.488 e. The van der Waals surface area contributed by atoms with Gasteiger partial charge in [0.2, 0.25) is 0 Å². The van der Waals surface area contributed by atoms with Crippen LogP contribution >= 0.6 is 0 Å². The zero-order valence-electron chi connectivity index (χ0n) is 6.97. The summed E-state index contributed by atoms with van der Waals surface area (Å²) in [4.78, 5) is 0. The van der Waals surface area contributed by atoms with Crippen LogP contribution in [0.15, 0.2) is 24.3 Å². The van der Waals surface area contributed by atoms with Crippen LogP contribution in [-0.2, 0) is 0 Å². The topological polar surface area (TPSA) is 49.7 Å². The molecule has 0 bridgehead atoms. The number of rotatable bonds is 3. The fourth-order valence-corrected chi connectivity index (χ4v) is 0.861. The first-order chi connectivity index (χ1) is 6.24. The van der Waals surface area contributed by atoms with Crippen LogP contribution in [0.5, 0.6) is 5.75 Å². The van der Waals surface area contributed by atoms with Crippen LogP contribution in [0, 0.1) is 12.3 Å². The Labute approximate surface area is 77.1 Å². The highest BCUT2D eigenvalue weighted by molar-refractivity contribution is 6.58. The molecule has 0 saturated heterocycles. The summed E-state index contributed by atoms with van der Waals surface area (Å²) in [7, 11) is -1.44. The lowest BCUT2D eigenvalue weighted by Crippen LogP contribution is -2.29. The van der Waals surface area contributed by atoms with Gasteiger partial charge in [0, 0.05) is 0 Å². The first kappa shape index (κ1) is 9.65. The highest BCUT2D eigenvalue weighted by Gasteiger charge is 2.09. The van der Waals surface area contributed by atoms with E-state index in [1.165, 1.54) is 0 Å². The standard InChI is InChI=1S/C9H9BO3/c1-2-7-13-9-5-3-8(4-6-9)10(11)12/h1,3-6,11-12H,7H2. The second-order valence-corrected chi connectivity index (χ2v) is 2.44. The number of hydrogen-bond acceptors (Lipinski definition) is 3. The average Bonchev–Trinajstić information content (AvgIpc) is 2.15. The van der Waals surface area contributed by atoms with E-state index in [9.17, 15) is 0 Å². The van der Waals surface area contributed by atoms with Gasteiger partial charge in [-0.15, -0.1) is 6.42 Å². The maximum absolute atomic E-state index is 8.77. The summed E-state index contributed by atoms with van der Waals surface area (Å²) in [6.07, 6.45) is 5.00. The van der Waals surface area contributed by atoms with E-state index in [1.54, 1.807) is 24.3 Å². The zero-order chi connectivity index (χ0) is 9.68. The summed E-state index contributed by atoms with van der Waals surface area (Å²) in [6, 6.07) is 6.39. The van der Waals surface area contributed by atoms with Gasteiger partial charge in [-0.3, -0.25) is 0 Å². The molecule has 0 aromatic heterocycles. The molecule has 2 N–H and O–H groups in total. The molecule has 0 heterocycles. The normalized spacial score (nSPS) is 9.00. The molecule has 1 rings (SSSR count). The van der Waals surface area contributed by atoms with Crippen molar-refractivity contribution in [1.29, 1.82) is 0 Å². The summed E-state index contributed by atoms with van der Waals surface area (Å²) < 4.78 is 5.09. The van der Waals surface area contributed by atoms with Gasteiger partial charge in [-0.1, -0.05) is 18.1 Å². The maximum Gasteiger partial charge on any atom is 0.488 e. The number of terminal acetylenes is 1. The Kier molecular flexibility index (Phi) is 3.38. The first-order valence-corrected chi connectivity index (χ1v) is 3.76. The van der Waals surface area contributed by atoms with Gasteiger partial charge < -0.3 is 14.8 Å². The molecule has 0 aliphatic rings. The molecular weight excluding hydrogens is 167 g/mol. The van der Waals surface area contributed by atoms with Gasteiger partial charge in [-0.05, 0) is 17.6 Å². The van der Waals surface area contributed by atoms with E-state index < -0.39 is 7.12 Å². The molecule has 1 aromatic carbocycles. The van der Waals surface area contributed by atoms with Crippen molar-refractivity contribution in [3.63, 3.8) is 0 Å². The molecule has 3 nitrogen and oxygen atoms in total. The van der Waals surface area contributed by atoms with E-state index >= 15 is 0 Å². The number of ether oxygens (including phenoxy) is 1. The Morgan fingerprint density at radius 1 is 1.31 bits per heavy atom. The molecule has 0 amide bonds. The molecule has 0 unspecified atom stereocenters. The molecule has 66 valence electrons. The zero-order valence-corrected chi connectivity index (χ0v) is 6.97. The maximum atomic E-state index is 8.77. The number of hydrogen-bond donors (Lipinski definition) is 2. The Morgan fingerprint density at radius 2 is 1.92 bits per heavy atom. The predicted molar refractivity (Wildman–Crippen MR) is 50.6 cm³/mol. The molecule has 4 heteroatoms. The van der Waals surface area contributed by atoms with E-state index in [-0.39, 0.29) is 6.61 Å². The van der Waals surface area contributed by atoms with Crippen molar-refractivity contribution in [3.05, 3.63) is 24.3 Å². The van der Waals surface area contributed by atoms with Crippen molar-refractivity contribution >= 4 is 12.6 Å². The molecule has 1 aromatic rings.